The van der Waals surface area contributed by atoms with Crippen LogP contribution in [-0.4, -0.2) is 31.8 Å². The quantitative estimate of drug-likeness (QED) is 0.609. The Balaban J connectivity index is 2.17. The van der Waals surface area contributed by atoms with Crippen molar-refractivity contribution in [1.29, 1.82) is 0 Å². The van der Waals surface area contributed by atoms with Crippen molar-refractivity contribution in [2.75, 3.05) is 13.7 Å². The van der Waals surface area contributed by atoms with E-state index in [0.717, 1.165) is 29.2 Å². The molecule has 2 rings (SSSR count). The molecule has 27 heavy (non-hydrogen) atoms. The molecule has 2 aromatic carbocycles. The Hall–Kier alpha value is -2.40. The lowest BCUT2D eigenvalue weighted by Crippen LogP contribution is -2.33. The first-order valence-electron chi connectivity index (χ1n) is 9.31. The molecule has 0 radical (unpaired) electrons. The molecule has 0 saturated heterocycles. The third-order valence-corrected chi connectivity index (χ3v) is 4.62. The van der Waals surface area contributed by atoms with Gasteiger partial charge in [-0.05, 0) is 34.7 Å². The number of fused-ring (bicyclic) bond motifs is 1. The highest BCUT2D eigenvalue weighted by molar-refractivity contribution is 5.85. The summed E-state index contributed by atoms with van der Waals surface area (Å²) in [5, 5.41) is 2.12. The molecule has 5 nitrogen and oxygen atoms in total. The largest absolute Gasteiger partial charge is 0.462 e. The molecule has 5 heteroatoms. The van der Waals surface area contributed by atoms with Gasteiger partial charge in [0, 0.05) is 14.0 Å². The van der Waals surface area contributed by atoms with Gasteiger partial charge in [-0.15, -0.1) is 0 Å². The smallest absolute Gasteiger partial charge is 0.340 e. The molecule has 0 aliphatic carbocycles. The van der Waals surface area contributed by atoms with Gasteiger partial charge in [0.05, 0.1) is 0 Å². The van der Waals surface area contributed by atoms with Gasteiger partial charge in [0.25, 0.3) is 0 Å². The zero-order chi connectivity index (χ0) is 19.8. The Morgan fingerprint density at radius 3 is 2.41 bits per heavy atom. The fourth-order valence-electron chi connectivity index (χ4n) is 3.11. The minimum atomic E-state index is -0.830. The molecule has 146 valence electrons. The van der Waals surface area contributed by atoms with Gasteiger partial charge in [-0.2, -0.15) is 0 Å². The van der Waals surface area contributed by atoms with Crippen molar-refractivity contribution in [3.8, 4) is 0 Å². The third kappa shape index (κ3) is 5.79. The molecular formula is C22H28O5. The van der Waals surface area contributed by atoms with Crippen LogP contribution < -0.4 is 0 Å². The first kappa shape index (κ1) is 20.9. The zero-order valence-corrected chi connectivity index (χ0v) is 16.4. The maximum atomic E-state index is 12.8. The molecule has 0 amide bonds. The number of benzene rings is 2. The lowest BCUT2D eigenvalue weighted by Gasteiger charge is -2.25. The van der Waals surface area contributed by atoms with E-state index < -0.39 is 24.1 Å². The topological polar surface area (TPSA) is 61.8 Å². The third-order valence-electron chi connectivity index (χ3n) is 4.62. The summed E-state index contributed by atoms with van der Waals surface area (Å²) in [6.07, 6.45) is 0.489. The summed E-state index contributed by atoms with van der Waals surface area (Å²) in [4.78, 5) is 23.9. The maximum Gasteiger partial charge on any atom is 0.340 e. The second kappa shape index (κ2) is 10.1. The van der Waals surface area contributed by atoms with Crippen LogP contribution >= 0.6 is 0 Å². The Bertz CT molecular complexity index is 770. The number of carbonyl (C=O) groups is 2. The highest BCUT2D eigenvalue weighted by atomic mass is 16.6. The van der Waals surface area contributed by atoms with E-state index >= 15 is 0 Å². The lowest BCUT2D eigenvalue weighted by molar-refractivity contribution is -0.171. The SMILES string of the molecule is CCC[C@H](C)[C@H](COC(C)=O)OC(=O)C(OC)c1ccc2ccccc2c1. The van der Waals surface area contributed by atoms with Crippen molar-refractivity contribution < 1.29 is 23.8 Å². The molecule has 3 atom stereocenters. The summed E-state index contributed by atoms with van der Waals surface area (Å²) in [6, 6.07) is 13.7. The van der Waals surface area contributed by atoms with Gasteiger partial charge < -0.3 is 14.2 Å². The van der Waals surface area contributed by atoms with Crippen LogP contribution in [0, 0.1) is 5.92 Å². The first-order chi connectivity index (χ1) is 13.0. The van der Waals surface area contributed by atoms with Gasteiger partial charge >= 0.3 is 11.9 Å². The van der Waals surface area contributed by atoms with E-state index in [9.17, 15) is 9.59 Å². The average molecular weight is 372 g/mol. The molecule has 2 aromatic rings. The molecule has 0 aromatic heterocycles. The fraction of sp³-hybridized carbons (Fsp3) is 0.455. The normalized spacial score (nSPS) is 14.4. The zero-order valence-electron chi connectivity index (χ0n) is 16.4. The van der Waals surface area contributed by atoms with Crippen LogP contribution in [0.2, 0.25) is 0 Å². The van der Waals surface area contributed by atoms with Crippen LogP contribution in [0.5, 0.6) is 0 Å². The Morgan fingerprint density at radius 1 is 1.07 bits per heavy atom. The summed E-state index contributed by atoms with van der Waals surface area (Å²) < 4.78 is 16.2. The maximum absolute atomic E-state index is 12.8. The van der Waals surface area contributed by atoms with Crippen LogP contribution in [0.15, 0.2) is 42.5 Å². The van der Waals surface area contributed by atoms with E-state index in [2.05, 4.69) is 6.92 Å². The Kier molecular flexibility index (Phi) is 7.80. The van der Waals surface area contributed by atoms with Gasteiger partial charge in [0.2, 0.25) is 0 Å². The van der Waals surface area contributed by atoms with Crippen molar-refractivity contribution in [1.82, 2.24) is 0 Å². The van der Waals surface area contributed by atoms with E-state index in [1.54, 1.807) is 0 Å². The Labute approximate surface area is 160 Å². The summed E-state index contributed by atoms with van der Waals surface area (Å²) in [7, 11) is 1.48. The monoisotopic (exact) mass is 372 g/mol. The molecule has 0 heterocycles. The van der Waals surface area contributed by atoms with Crippen molar-refractivity contribution in [3.05, 3.63) is 48.0 Å². The lowest BCUT2D eigenvalue weighted by atomic mass is 9.99. The number of hydrogen-bond donors (Lipinski definition) is 0. The van der Waals surface area contributed by atoms with Crippen LogP contribution in [0.25, 0.3) is 10.8 Å². The molecular weight excluding hydrogens is 344 g/mol. The van der Waals surface area contributed by atoms with E-state index in [0.29, 0.717) is 0 Å². The van der Waals surface area contributed by atoms with Gasteiger partial charge in [-0.3, -0.25) is 4.79 Å². The van der Waals surface area contributed by atoms with Gasteiger partial charge in [-0.1, -0.05) is 56.7 Å². The van der Waals surface area contributed by atoms with Crippen molar-refractivity contribution in [2.45, 2.75) is 45.8 Å². The van der Waals surface area contributed by atoms with E-state index in [1.807, 2.05) is 49.4 Å². The predicted molar refractivity (Wildman–Crippen MR) is 104 cm³/mol. The van der Waals surface area contributed by atoms with Crippen molar-refractivity contribution in [3.63, 3.8) is 0 Å². The van der Waals surface area contributed by atoms with E-state index in [4.69, 9.17) is 14.2 Å². The Morgan fingerprint density at radius 2 is 1.78 bits per heavy atom. The fourth-order valence-corrected chi connectivity index (χ4v) is 3.11. The minimum absolute atomic E-state index is 0.0520. The number of esters is 2. The standard InChI is InChI=1S/C22H28O5/c1-5-8-15(2)20(14-26-16(3)23)27-22(24)21(25-4)19-12-11-17-9-6-7-10-18(17)13-19/h6-7,9-13,15,20-21H,5,8,14H2,1-4H3/t15-,20-,21?/m0/s1. The van der Waals surface area contributed by atoms with Crippen LogP contribution in [0.4, 0.5) is 0 Å². The molecule has 0 bridgehead atoms. The molecule has 0 saturated carbocycles. The van der Waals surface area contributed by atoms with Gasteiger partial charge in [-0.25, -0.2) is 4.79 Å². The summed E-state index contributed by atoms with van der Waals surface area (Å²) >= 11 is 0. The highest BCUT2D eigenvalue weighted by Gasteiger charge is 2.28. The number of ether oxygens (including phenoxy) is 3. The van der Waals surface area contributed by atoms with E-state index in [1.165, 1.54) is 14.0 Å². The van der Waals surface area contributed by atoms with Crippen molar-refractivity contribution >= 4 is 22.7 Å². The number of hydrogen-bond acceptors (Lipinski definition) is 5. The minimum Gasteiger partial charge on any atom is -0.462 e. The summed E-state index contributed by atoms with van der Waals surface area (Å²) in [5.41, 5.74) is 0.732. The van der Waals surface area contributed by atoms with Crippen molar-refractivity contribution in [2.24, 2.45) is 5.92 Å². The highest BCUT2D eigenvalue weighted by Crippen LogP contribution is 2.25. The van der Waals surface area contributed by atoms with Gasteiger partial charge in [0.1, 0.15) is 12.7 Å². The second-order valence-corrected chi connectivity index (χ2v) is 6.77. The molecule has 0 aliphatic heterocycles. The molecule has 0 fully saturated rings. The second-order valence-electron chi connectivity index (χ2n) is 6.77. The van der Waals surface area contributed by atoms with E-state index in [-0.39, 0.29) is 12.5 Å². The van der Waals surface area contributed by atoms with Gasteiger partial charge in [0.15, 0.2) is 6.10 Å². The summed E-state index contributed by atoms with van der Waals surface area (Å²) in [5.74, 6) is -0.794. The van der Waals surface area contributed by atoms with Crippen LogP contribution in [0.1, 0.15) is 45.3 Å². The summed E-state index contributed by atoms with van der Waals surface area (Å²) in [6.45, 7) is 5.45. The molecule has 0 spiro atoms. The first-order valence-corrected chi connectivity index (χ1v) is 9.31. The number of carbonyl (C=O) groups excluding carboxylic acids is 2. The number of methoxy groups -OCH3 is 1. The molecule has 0 N–H and O–H groups in total. The molecule has 1 unspecified atom stereocenters. The average Bonchev–Trinajstić information content (AvgIpc) is 2.65. The predicted octanol–water partition coefficient (Wildman–Crippen LogP) is 4.44. The van der Waals surface area contributed by atoms with Crippen LogP contribution in [-0.2, 0) is 23.8 Å². The molecule has 0 aliphatic rings. The number of rotatable bonds is 9. The van der Waals surface area contributed by atoms with Crippen LogP contribution in [0.3, 0.4) is 0 Å².